The number of carbonyl (C=O) groups is 2. The number of halogens is 1. The Morgan fingerprint density at radius 1 is 1.27 bits per heavy atom. The highest BCUT2D eigenvalue weighted by atomic mass is 35.5. The van der Waals surface area contributed by atoms with Gasteiger partial charge in [-0.25, -0.2) is 9.50 Å². The summed E-state index contributed by atoms with van der Waals surface area (Å²) in [5, 5.41) is 4.73. The summed E-state index contributed by atoms with van der Waals surface area (Å²) in [7, 11) is 1.27. The van der Waals surface area contributed by atoms with Gasteiger partial charge in [0.05, 0.1) is 13.5 Å². The molecule has 26 heavy (non-hydrogen) atoms. The van der Waals surface area contributed by atoms with Gasteiger partial charge in [0.25, 0.3) is 5.78 Å². The van der Waals surface area contributed by atoms with Crippen LogP contribution in [0, 0.1) is 0 Å². The topological polar surface area (TPSA) is 89.7 Å². The molecule has 1 aromatic carbocycles. The average Bonchev–Trinajstić information content (AvgIpc) is 3.04. The number of benzene rings is 1. The molecule has 0 aliphatic carbocycles. The lowest BCUT2D eigenvalue weighted by atomic mass is 10.2. The summed E-state index contributed by atoms with van der Waals surface area (Å²) < 4.78 is 6.17. The van der Waals surface area contributed by atoms with Crippen molar-refractivity contribution in [2.45, 2.75) is 13.0 Å². The third-order valence-corrected chi connectivity index (χ3v) is 4.06. The molecule has 8 nitrogen and oxygen atoms in total. The van der Waals surface area contributed by atoms with E-state index in [1.165, 1.54) is 16.5 Å². The Labute approximate surface area is 154 Å². The monoisotopic (exact) mass is 373 g/mol. The van der Waals surface area contributed by atoms with Crippen LogP contribution in [0.3, 0.4) is 0 Å². The van der Waals surface area contributed by atoms with Crippen molar-refractivity contribution >= 4 is 29.3 Å². The molecule has 3 aromatic rings. The van der Waals surface area contributed by atoms with Crippen molar-refractivity contribution in [3.8, 4) is 0 Å². The van der Waals surface area contributed by atoms with Crippen LogP contribution in [0.15, 0.2) is 42.7 Å². The summed E-state index contributed by atoms with van der Waals surface area (Å²) in [4.78, 5) is 34.1. The zero-order chi connectivity index (χ0) is 18.5. The number of amides is 1. The van der Waals surface area contributed by atoms with Crippen molar-refractivity contribution in [3.63, 3.8) is 0 Å². The molecule has 0 fully saturated rings. The highest BCUT2D eigenvalue weighted by molar-refractivity contribution is 6.31. The Bertz CT molecular complexity index is 910. The minimum Gasteiger partial charge on any atom is -0.468 e. The number of hydrogen-bond acceptors (Lipinski definition) is 6. The summed E-state index contributed by atoms with van der Waals surface area (Å²) in [6.07, 6.45) is 3.22. The Kier molecular flexibility index (Phi) is 5.43. The zero-order valence-corrected chi connectivity index (χ0v) is 14.8. The van der Waals surface area contributed by atoms with E-state index in [2.05, 4.69) is 19.8 Å². The molecular weight excluding hydrogens is 358 g/mol. The molecule has 1 amide bonds. The second-order valence-corrected chi connectivity index (χ2v) is 5.89. The number of ether oxygens (including phenoxy) is 1. The molecule has 134 valence electrons. The first-order valence-electron chi connectivity index (χ1n) is 7.81. The number of carbonyl (C=O) groups excluding carboxylic acids is 2. The molecule has 0 saturated carbocycles. The van der Waals surface area contributed by atoms with Crippen LogP contribution >= 0.6 is 11.6 Å². The lowest BCUT2D eigenvalue weighted by Crippen LogP contribution is -2.37. The predicted octanol–water partition coefficient (Wildman–Crippen LogP) is 1.52. The van der Waals surface area contributed by atoms with E-state index in [1.807, 2.05) is 6.07 Å². The van der Waals surface area contributed by atoms with Crippen molar-refractivity contribution in [2.75, 3.05) is 13.7 Å². The van der Waals surface area contributed by atoms with Crippen molar-refractivity contribution in [1.82, 2.24) is 24.5 Å². The molecule has 0 spiro atoms. The number of fused-ring (bicyclic) bond motifs is 1. The Morgan fingerprint density at radius 2 is 2.08 bits per heavy atom. The van der Waals surface area contributed by atoms with E-state index in [1.54, 1.807) is 36.7 Å². The van der Waals surface area contributed by atoms with Gasteiger partial charge < -0.3 is 9.64 Å². The number of nitrogens with zero attached hydrogens (tertiary/aromatic N) is 5. The molecule has 0 aliphatic rings. The van der Waals surface area contributed by atoms with Crippen LogP contribution in [0.1, 0.15) is 11.4 Å². The van der Waals surface area contributed by atoms with Crippen LogP contribution in [0.25, 0.3) is 5.78 Å². The smallest absolute Gasteiger partial charge is 0.325 e. The van der Waals surface area contributed by atoms with Crippen LogP contribution in [0.4, 0.5) is 0 Å². The third-order valence-electron chi connectivity index (χ3n) is 3.69. The van der Waals surface area contributed by atoms with Crippen LogP contribution in [-0.4, -0.2) is 50.0 Å². The molecule has 0 atom stereocenters. The van der Waals surface area contributed by atoms with Gasteiger partial charge in [0, 0.05) is 24.0 Å². The molecule has 2 heterocycles. The van der Waals surface area contributed by atoms with Crippen molar-refractivity contribution in [1.29, 1.82) is 0 Å². The van der Waals surface area contributed by atoms with E-state index in [4.69, 9.17) is 11.6 Å². The summed E-state index contributed by atoms with van der Waals surface area (Å²) in [5.41, 5.74) is 0.732. The highest BCUT2D eigenvalue weighted by Gasteiger charge is 2.21. The third kappa shape index (κ3) is 4.15. The normalized spacial score (nSPS) is 10.7. The van der Waals surface area contributed by atoms with E-state index >= 15 is 0 Å². The fourth-order valence-electron chi connectivity index (χ4n) is 2.38. The Morgan fingerprint density at radius 3 is 2.81 bits per heavy atom. The first-order valence-corrected chi connectivity index (χ1v) is 8.19. The highest BCUT2D eigenvalue weighted by Crippen LogP contribution is 2.17. The minimum absolute atomic E-state index is 0.0647. The van der Waals surface area contributed by atoms with Gasteiger partial charge in [-0.05, 0) is 17.7 Å². The summed E-state index contributed by atoms with van der Waals surface area (Å²) in [5.74, 6) is -0.107. The summed E-state index contributed by atoms with van der Waals surface area (Å²) in [6, 6.07) is 8.86. The van der Waals surface area contributed by atoms with Gasteiger partial charge in [0.2, 0.25) is 5.91 Å². The van der Waals surface area contributed by atoms with Gasteiger partial charge in [0.1, 0.15) is 6.54 Å². The lowest BCUT2D eigenvalue weighted by molar-refractivity contribution is -0.147. The van der Waals surface area contributed by atoms with Crippen LogP contribution in [0.5, 0.6) is 0 Å². The second kappa shape index (κ2) is 7.92. The maximum Gasteiger partial charge on any atom is 0.325 e. The molecule has 0 N–H and O–H groups in total. The summed E-state index contributed by atoms with van der Waals surface area (Å²) >= 11 is 6.17. The molecule has 0 unspecified atom stereocenters. The van der Waals surface area contributed by atoms with Gasteiger partial charge >= 0.3 is 5.97 Å². The van der Waals surface area contributed by atoms with Crippen molar-refractivity contribution < 1.29 is 14.3 Å². The number of rotatable bonds is 6. The maximum atomic E-state index is 12.7. The van der Waals surface area contributed by atoms with Crippen LogP contribution in [0.2, 0.25) is 5.02 Å². The fraction of sp³-hybridized carbons (Fsp3) is 0.235. The molecular formula is C17H16ClN5O3. The summed E-state index contributed by atoms with van der Waals surface area (Å²) in [6.45, 7) is -0.00853. The van der Waals surface area contributed by atoms with Gasteiger partial charge in [-0.3, -0.25) is 9.59 Å². The largest absolute Gasteiger partial charge is 0.468 e. The van der Waals surface area contributed by atoms with E-state index in [9.17, 15) is 9.59 Å². The minimum atomic E-state index is -0.518. The van der Waals surface area contributed by atoms with Crippen LogP contribution in [-0.2, 0) is 27.3 Å². The van der Waals surface area contributed by atoms with Gasteiger partial charge in [-0.2, -0.15) is 4.98 Å². The quantitative estimate of drug-likeness (QED) is 0.608. The van der Waals surface area contributed by atoms with Gasteiger partial charge in [-0.15, -0.1) is 5.10 Å². The molecule has 0 saturated heterocycles. The first-order chi connectivity index (χ1) is 12.6. The number of aromatic nitrogens is 4. The van der Waals surface area contributed by atoms with Gasteiger partial charge in [-0.1, -0.05) is 29.8 Å². The number of hydrogen-bond donors (Lipinski definition) is 0. The molecule has 0 radical (unpaired) electrons. The molecule has 0 bridgehead atoms. The Hall–Kier alpha value is -3.00. The van der Waals surface area contributed by atoms with Crippen LogP contribution < -0.4 is 0 Å². The maximum absolute atomic E-state index is 12.7. The molecule has 2 aromatic heterocycles. The predicted molar refractivity (Wildman–Crippen MR) is 93.4 cm³/mol. The number of methoxy groups -OCH3 is 1. The van der Waals surface area contributed by atoms with Gasteiger partial charge in [0.15, 0.2) is 5.82 Å². The molecule has 0 aliphatic heterocycles. The Balaban J connectivity index is 1.79. The lowest BCUT2D eigenvalue weighted by Gasteiger charge is -2.21. The van der Waals surface area contributed by atoms with E-state index in [0.29, 0.717) is 16.6 Å². The molecule has 9 heteroatoms. The second-order valence-electron chi connectivity index (χ2n) is 5.49. The van der Waals surface area contributed by atoms with E-state index in [-0.39, 0.29) is 25.4 Å². The average molecular weight is 374 g/mol. The molecule has 3 rings (SSSR count). The zero-order valence-electron chi connectivity index (χ0n) is 14.0. The van der Waals surface area contributed by atoms with Crippen molar-refractivity contribution in [3.05, 3.63) is 59.1 Å². The fourth-order valence-corrected chi connectivity index (χ4v) is 2.58. The van der Waals surface area contributed by atoms with Crippen molar-refractivity contribution in [2.24, 2.45) is 0 Å². The standard InChI is InChI=1S/C17H16ClN5O3/c1-26-16(25)11-22(10-12-5-2-3-6-13(12)18)15(24)9-14-20-17-19-7-4-8-23(17)21-14/h2-8H,9-11H2,1H3. The number of esters is 1. The van der Waals surface area contributed by atoms with E-state index < -0.39 is 5.97 Å². The van der Waals surface area contributed by atoms with E-state index in [0.717, 1.165) is 5.56 Å². The SMILES string of the molecule is COC(=O)CN(Cc1ccccc1Cl)C(=O)Cc1nc2ncccn2n1. The first kappa shape index (κ1) is 17.8.